The number of carboxylic acids is 2. The highest BCUT2D eigenvalue weighted by Gasteiger charge is 2.22. The first-order valence-corrected chi connectivity index (χ1v) is 10.0. The van der Waals surface area contributed by atoms with Gasteiger partial charge in [-0.15, -0.1) is 0 Å². The van der Waals surface area contributed by atoms with Gasteiger partial charge in [0.05, 0.1) is 12.5 Å². The fourth-order valence-electron chi connectivity index (χ4n) is 1.55. The number of hydrogen-bond acceptors (Lipinski definition) is 7. The zero-order valence-electron chi connectivity index (χ0n) is 13.5. The highest BCUT2D eigenvalue weighted by Crippen LogP contribution is 2.23. The number of aliphatic carboxylic acids is 2. The number of ketones is 1. The third-order valence-corrected chi connectivity index (χ3v) is 5.53. The van der Waals surface area contributed by atoms with Crippen LogP contribution >= 0.6 is 21.6 Å². The minimum absolute atomic E-state index is 0.0328. The van der Waals surface area contributed by atoms with Crippen molar-refractivity contribution >= 4 is 45.2 Å². The molecule has 138 valence electrons. The second kappa shape index (κ2) is 13.1. The maximum atomic E-state index is 12.1. The van der Waals surface area contributed by atoms with E-state index in [1.165, 1.54) is 10.8 Å². The molecule has 2 atom stereocenters. The molecule has 0 aliphatic rings. The summed E-state index contributed by atoms with van der Waals surface area (Å²) in [6.45, 7) is 2.02. The zero-order valence-corrected chi connectivity index (χ0v) is 15.2. The summed E-state index contributed by atoms with van der Waals surface area (Å²) in [5.41, 5.74) is 5.33. The van der Waals surface area contributed by atoms with Gasteiger partial charge in [0.15, 0.2) is 5.78 Å². The van der Waals surface area contributed by atoms with Crippen molar-refractivity contribution in [2.24, 2.45) is 5.73 Å². The van der Waals surface area contributed by atoms with Crippen LogP contribution in [-0.2, 0) is 19.2 Å². The number of Topliss-reactive ketones (excluding diaryl/α,β-unsaturated/α-hetero) is 1. The number of carbonyl (C=O) groups excluding carboxylic acids is 2. The van der Waals surface area contributed by atoms with Gasteiger partial charge in [-0.05, 0) is 12.8 Å². The van der Waals surface area contributed by atoms with Gasteiger partial charge in [0.1, 0.15) is 6.04 Å². The van der Waals surface area contributed by atoms with Crippen LogP contribution in [0.1, 0.15) is 39.0 Å². The molecule has 0 spiro atoms. The predicted molar refractivity (Wildman–Crippen MR) is 93.9 cm³/mol. The maximum Gasteiger partial charge on any atom is 0.320 e. The van der Waals surface area contributed by atoms with Gasteiger partial charge in [0.2, 0.25) is 5.91 Å². The van der Waals surface area contributed by atoms with Crippen LogP contribution in [0.15, 0.2) is 0 Å². The minimum atomic E-state index is -1.19. The molecule has 0 bridgehead atoms. The van der Waals surface area contributed by atoms with Crippen molar-refractivity contribution in [3.05, 3.63) is 0 Å². The van der Waals surface area contributed by atoms with Crippen LogP contribution in [0.4, 0.5) is 0 Å². The lowest BCUT2D eigenvalue weighted by atomic mass is 10.1. The Labute approximate surface area is 148 Å². The first kappa shape index (κ1) is 22.7. The van der Waals surface area contributed by atoms with E-state index in [-0.39, 0.29) is 31.5 Å². The summed E-state index contributed by atoms with van der Waals surface area (Å²) >= 11 is 0. The molecule has 8 nitrogen and oxygen atoms in total. The van der Waals surface area contributed by atoms with Crippen molar-refractivity contribution in [2.75, 3.05) is 11.5 Å². The molecule has 1 amide bonds. The van der Waals surface area contributed by atoms with Crippen molar-refractivity contribution < 1.29 is 29.4 Å². The average Bonchev–Trinajstić information content (AvgIpc) is 2.52. The Hall–Kier alpha value is -1.26. The van der Waals surface area contributed by atoms with Crippen molar-refractivity contribution in [2.45, 2.75) is 51.1 Å². The van der Waals surface area contributed by atoms with Crippen LogP contribution in [0.3, 0.4) is 0 Å². The van der Waals surface area contributed by atoms with E-state index < -0.39 is 29.9 Å². The first-order valence-electron chi connectivity index (χ1n) is 7.54. The topological polar surface area (TPSA) is 147 Å². The number of hydrogen-bond donors (Lipinski definition) is 4. The van der Waals surface area contributed by atoms with Crippen molar-refractivity contribution in [1.29, 1.82) is 0 Å². The van der Waals surface area contributed by atoms with Gasteiger partial charge >= 0.3 is 11.9 Å². The van der Waals surface area contributed by atoms with Crippen molar-refractivity contribution in [3.63, 3.8) is 0 Å². The molecule has 0 radical (unpaired) electrons. The van der Waals surface area contributed by atoms with Crippen LogP contribution < -0.4 is 11.1 Å². The third kappa shape index (κ3) is 11.3. The first-order chi connectivity index (χ1) is 11.3. The van der Waals surface area contributed by atoms with Gasteiger partial charge in [-0.2, -0.15) is 0 Å². The van der Waals surface area contributed by atoms with Crippen LogP contribution in [0.25, 0.3) is 0 Å². The fourth-order valence-corrected chi connectivity index (χ4v) is 3.89. The number of carboxylic acid groups (broad SMARTS) is 2. The molecule has 0 unspecified atom stereocenters. The Morgan fingerprint density at radius 1 is 1.08 bits per heavy atom. The molecule has 0 heterocycles. The molecule has 0 aliphatic carbocycles. The molecular weight excluding hydrogens is 356 g/mol. The molecule has 0 saturated heterocycles. The minimum Gasteiger partial charge on any atom is -0.481 e. The summed E-state index contributed by atoms with van der Waals surface area (Å²) in [5, 5.41) is 19.9. The molecule has 0 aliphatic heterocycles. The molecule has 24 heavy (non-hydrogen) atoms. The van der Waals surface area contributed by atoms with Crippen LogP contribution in [0, 0.1) is 0 Å². The third-order valence-electron chi connectivity index (χ3n) is 2.91. The second-order valence-corrected chi connectivity index (χ2v) is 7.70. The molecule has 0 aromatic rings. The summed E-state index contributed by atoms with van der Waals surface area (Å²) in [7, 11) is 3.01. The van der Waals surface area contributed by atoms with Crippen molar-refractivity contribution in [1.82, 2.24) is 5.32 Å². The van der Waals surface area contributed by atoms with E-state index in [2.05, 4.69) is 5.32 Å². The highest BCUT2D eigenvalue weighted by molar-refractivity contribution is 8.76. The van der Waals surface area contributed by atoms with Crippen molar-refractivity contribution in [3.8, 4) is 0 Å². The number of nitrogens with two attached hydrogens (primary N) is 1. The Morgan fingerprint density at radius 3 is 2.29 bits per heavy atom. The van der Waals surface area contributed by atoms with E-state index in [4.69, 9.17) is 15.9 Å². The van der Waals surface area contributed by atoms with Gasteiger partial charge in [-0.3, -0.25) is 19.2 Å². The Bertz CT molecular complexity index is 447. The quantitative estimate of drug-likeness (QED) is 0.255. The number of amides is 1. The number of rotatable bonds is 14. The highest BCUT2D eigenvalue weighted by atomic mass is 33.1. The Morgan fingerprint density at radius 2 is 1.75 bits per heavy atom. The standard InChI is InChI=1S/C14H24N2O6S2/c1-2-7-23-24-8-10(11(17)4-6-13(19)20)16-12(18)5-3-9(15)14(21)22/h9-10H,2-8,15H2,1H3,(H,16,18)(H,19,20)(H,21,22)/t9-,10-/m0/s1. The van der Waals surface area contributed by atoms with E-state index >= 15 is 0 Å². The Kier molecular flexibility index (Phi) is 12.4. The lowest BCUT2D eigenvalue weighted by Gasteiger charge is -2.17. The average molecular weight is 380 g/mol. The van der Waals surface area contributed by atoms with Crippen LogP contribution in [0.5, 0.6) is 0 Å². The SMILES string of the molecule is CCCSSC[C@H](NC(=O)CC[C@H](N)C(=O)O)C(=O)CCC(=O)O. The van der Waals surface area contributed by atoms with E-state index in [0.29, 0.717) is 5.75 Å². The summed E-state index contributed by atoms with van der Waals surface area (Å²) < 4.78 is 0. The summed E-state index contributed by atoms with van der Waals surface area (Å²) in [4.78, 5) is 45.1. The van der Waals surface area contributed by atoms with Gasteiger partial charge in [-0.1, -0.05) is 28.5 Å². The number of carbonyl (C=O) groups is 4. The van der Waals surface area contributed by atoms with E-state index in [9.17, 15) is 19.2 Å². The largest absolute Gasteiger partial charge is 0.481 e. The lowest BCUT2D eigenvalue weighted by Crippen LogP contribution is -2.43. The van der Waals surface area contributed by atoms with E-state index in [0.717, 1.165) is 12.2 Å². The van der Waals surface area contributed by atoms with E-state index in [1.807, 2.05) is 6.92 Å². The molecule has 0 aromatic heterocycles. The molecule has 0 fully saturated rings. The second-order valence-electron chi connectivity index (χ2n) is 5.07. The molecule has 0 aromatic carbocycles. The smallest absolute Gasteiger partial charge is 0.320 e. The summed E-state index contributed by atoms with van der Waals surface area (Å²) in [5.74, 6) is -1.85. The van der Waals surface area contributed by atoms with E-state index in [1.54, 1.807) is 10.8 Å². The summed E-state index contributed by atoms with van der Waals surface area (Å²) in [6, 6.07) is -1.92. The predicted octanol–water partition coefficient (Wildman–Crippen LogP) is 0.889. The molecule has 5 N–H and O–H groups in total. The normalized spacial score (nSPS) is 13.1. The molecule has 0 rings (SSSR count). The van der Waals surface area contributed by atoms with Gasteiger partial charge in [-0.25, -0.2) is 0 Å². The van der Waals surface area contributed by atoms with Gasteiger partial charge < -0.3 is 21.3 Å². The van der Waals surface area contributed by atoms with Crippen LogP contribution in [-0.4, -0.2) is 57.4 Å². The number of nitrogens with one attached hydrogen (secondary N) is 1. The van der Waals surface area contributed by atoms with Crippen LogP contribution in [0.2, 0.25) is 0 Å². The lowest BCUT2D eigenvalue weighted by molar-refractivity contribution is -0.139. The maximum absolute atomic E-state index is 12.1. The van der Waals surface area contributed by atoms with Gasteiger partial charge in [0.25, 0.3) is 0 Å². The van der Waals surface area contributed by atoms with Gasteiger partial charge in [0, 0.05) is 24.3 Å². The summed E-state index contributed by atoms with van der Waals surface area (Å²) in [6.07, 6.45) is 0.391. The fraction of sp³-hybridized carbons (Fsp3) is 0.714. The molecule has 0 saturated carbocycles. The monoisotopic (exact) mass is 380 g/mol. The molecule has 10 heteroatoms. The zero-order chi connectivity index (χ0) is 18.5. The Balaban J connectivity index is 4.49. The molecular formula is C14H24N2O6S2.